The van der Waals surface area contributed by atoms with Crippen LogP contribution in [0, 0.1) is 11.8 Å². The number of hydrogen-bond acceptors (Lipinski definition) is 3. The van der Waals surface area contributed by atoms with E-state index < -0.39 is 6.09 Å². The lowest BCUT2D eigenvalue weighted by Crippen LogP contribution is -2.31. The molecule has 5 heteroatoms. The van der Waals surface area contributed by atoms with Gasteiger partial charge >= 0.3 is 6.09 Å². The molecule has 0 aromatic heterocycles. The predicted molar refractivity (Wildman–Crippen MR) is 76.3 cm³/mol. The Balaban J connectivity index is 2.71. The van der Waals surface area contributed by atoms with Gasteiger partial charge in [-0.3, -0.25) is 4.90 Å². The minimum atomic E-state index is -0.965. The first-order chi connectivity index (χ1) is 9.62. The molecule has 0 atom stereocenters. The molecule has 108 valence electrons. The van der Waals surface area contributed by atoms with Gasteiger partial charge in [-0.2, -0.15) is 0 Å². The molecule has 5 nitrogen and oxygen atoms in total. The molecule has 0 spiro atoms. The SMILES string of the molecule is CC#CCN(CCc1ccc(OC)c(OC)c1)C(=O)O. The minimum Gasteiger partial charge on any atom is -0.493 e. The molecular weight excluding hydrogens is 258 g/mol. The molecule has 20 heavy (non-hydrogen) atoms. The van der Waals surface area contributed by atoms with Crippen molar-refractivity contribution in [1.82, 2.24) is 4.90 Å². The summed E-state index contributed by atoms with van der Waals surface area (Å²) in [6.45, 7) is 2.30. The normalized spacial score (nSPS) is 9.35. The molecule has 0 aliphatic rings. The quantitative estimate of drug-likeness (QED) is 0.810. The fourth-order valence-corrected chi connectivity index (χ4v) is 1.72. The number of ether oxygens (including phenoxy) is 2. The average molecular weight is 277 g/mol. The number of amides is 1. The molecule has 0 heterocycles. The van der Waals surface area contributed by atoms with E-state index in [0.29, 0.717) is 24.5 Å². The molecule has 0 saturated heterocycles. The van der Waals surface area contributed by atoms with E-state index >= 15 is 0 Å². The van der Waals surface area contributed by atoms with Gasteiger partial charge in [-0.05, 0) is 31.0 Å². The summed E-state index contributed by atoms with van der Waals surface area (Å²) in [7, 11) is 3.15. The van der Waals surface area contributed by atoms with Crippen molar-refractivity contribution < 1.29 is 19.4 Å². The number of nitrogens with zero attached hydrogens (tertiary/aromatic N) is 1. The van der Waals surface area contributed by atoms with Crippen molar-refractivity contribution in [3.8, 4) is 23.3 Å². The van der Waals surface area contributed by atoms with Gasteiger partial charge in [0.1, 0.15) is 0 Å². The molecule has 1 rings (SSSR count). The van der Waals surface area contributed by atoms with Crippen LogP contribution in [-0.4, -0.2) is 43.4 Å². The van der Waals surface area contributed by atoms with Crippen molar-refractivity contribution >= 4 is 6.09 Å². The summed E-state index contributed by atoms with van der Waals surface area (Å²) in [5.41, 5.74) is 0.985. The highest BCUT2D eigenvalue weighted by atomic mass is 16.5. The van der Waals surface area contributed by atoms with Crippen molar-refractivity contribution in [2.24, 2.45) is 0 Å². The fourth-order valence-electron chi connectivity index (χ4n) is 1.72. The molecule has 0 saturated carbocycles. The van der Waals surface area contributed by atoms with Crippen molar-refractivity contribution in [2.75, 3.05) is 27.3 Å². The second kappa shape index (κ2) is 7.95. The van der Waals surface area contributed by atoms with Crippen LogP contribution >= 0.6 is 0 Å². The first-order valence-corrected chi connectivity index (χ1v) is 6.20. The van der Waals surface area contributed by atoms with Crippen molar-refractivity contribution in [2.45, 2.75) is 13.3 Å². The van der Waals surface area contributed by atoms with Gasteiger partial charge in [0, 0.05) is 6.54 Å². The maximum atomic E-state index is 11.1. The van der Waals surface area contributed by atoms with E-state index in [4.69, 9.17) is 14.6 Å². The zero-order valence-electron chi connectivity index (χ0n) is 12.0. The van der Waals surface area contributed by atoms with E-state index in [2.05, 4.69) is 11.8 Å². The Morgan fingerprint density at radius 1 is 1.30 bits per heavy atom. The summed E-state index contributed by atoms with van der Waals surface area (Å²) in [6, 6.07) is 5.56. The lowest BCUT2D eigenvalue weighted by Gasteiger charge is -2.16. The summed E-state index contributed by atoms with van der Waals surface area (Å²) in [5.74, 6) is 6.75. The third-order valence-electron chi connectivity index (χ3n) is 2.84. The Labute approximate surface area is 119 Å². The van der Waals surface area contributed by atoms with E-state index in [1.165, 1.54) is 4.90 Å². The summed E-state index contributed by atoms with van der Waals surface area (Å²) in [4.78, 5) is 12.3. The van der Waals surface area contributed by atoms with E-state index in [9.17, 15) is 4.79 Å². The van der Waals surface area contributed by atoms with Crippen LogP contribution < -0.4 is 9.47 Å². The molecule has 0 aliphatic carbocycles. The molecule has 1 amide bonds. The number of methoxy groups -OCH3 is 2. The summed E-state index contributed by atoms with van der Waals surface area (Å²) in [6.07, 6.45) is -0.369. The third kappa shape index (κ3) is 4.39. The smallest absolute Gasteiger partial charge is 0.408 e. The highest BCUT2D eigenvalue weighted by Gasteiger charge is 2.11. The third-order valence-corrected chi connectivity index (χ3v) is 2.84. The largest absolute Gasteiger partial charge is 0.493 e. The van der Waals surface area contributed by atoms with Crippen molar-refractivity contribution in [3.63, 3.8) is 0 Å². The Bertz CT molecular complexity index is 516. The summed E-state index contributed by atoms with van der Waals surface area (Å²) < 4.78 is 10.4. The van der Waals surface area contributed by atoms with Crippen LogP contribution in [0.1, 0.15) is 12.5 Å². The Morgan fingerprint density at radius 3 is 2.55 bits per heavy atom. The van der Waals surface area contributed by atoms with Crippen LogP contribution in [0.25, 0.3) is 0 Å². The number of rotatable bonds is 6. The Kier molecular flexibility index (Phi) is 6.24. The van der Waals surface area contributed by atoms with E-state index in [0.717, 1.165) is 5.56 Å². The molecule has 1 N–H and O–H groups in total. The molecule has 0 bridgehead atoms. The molecule has 0 unspecified atom stereocenters. The van der Waals surface area contributed by atoms with Gasteiger partial charge in [0.15, 0.2) is 11.5 Å². The van der Waals surface area contributed by atoms with Gasteiger partial charge in [0.2, 0.25) is 0 Å². The Morgan fingerprint density at radius 2 is 2.00 bits per heavy atom. The second-order valence-corrected chi connectivity index (χ2v) is 4.07. The maximum absolute atomic E-state index is 11.1. The topological polar surface area (TPSA) is 59.0 Å². The lowest BCUT2D eigenvalue weighted by molar-refractivity contribution is 0.151. The zero-order valence-corrected chi connectivity index (χ0v) is 12.0. The zero-order chi connectivity index (χ0) is 15.0. The number of carbonyl (C=O) groups is 1. The van der Waals surface area contributed by atoms with Crippen molar-refractivity contribution in [1.29, 1.82) is 0 Å². The Hall–Kier alpha value is -2.35. The van der Waals surface area contributed by atoms with Crippen LogP contribution in [-0.2, 0) is 6.42 Å². The lowest BCUT2D eigenvalue weighted by atomic mass is 10.1. The van der Waals surface area contributed by atoms with Gasteiger partial charge in [-0.25, -0.2) is 4.79 Å². The van der Waals surface area contributed by atoms with Gasteiger partial charge < -0.3 is 14.6 Å². The molecule has 0 fully saturated rings. The number of hydrogen-bond donors (Lipinski definition) is 1. The monoisotopic (exact) mass is 277 g/mol. The predicted octanol–water partition coefficient (Wildman–Crippen LogP) is 2.25. The molecule has 1 aromatic rings. The highest BCUT2D eigenvalue weighted by Crippen LogP contribution is 2.27. The van der Waals surface area contributed by atoms with E-state index in [1.807, 2.05) is 18.2 Å². The van der Waals surface area contributed by atoms with E-state index in [1.54, 1.807) is 21.1 Å². The maximum Gasteiger partial charge on any atom is 0.408 e. The van der Waals surface area contributed by atoms with Gasteiger partial charge in [-0.1, -0.05) is 12.0 Å². The molecular formula is C15H19NO4. The molecule has 1 aromatic carbocycles. The van der Waals surface area contributed by atoms with Gasteiger partial charge in [0.05, 0.1) is 20.8 Å². The summed E-state index contributed by atoms with van der Waals surface area (Å²) in [5, 5.41) is 9.07. The summed E-state index contributed by atoms with van der Waals surface area (Å²) >= 11 is 0. The molecule has 0 aliphatic heterocycles. The number of benzene rings is 1. The highest BCUT2D eigenvalue weighted by molar-refractivity contribution is 5.65. The van der Waals surface area contributed by atoms with Gasteiger partial charge in [-0.15, -0.1) is 5.92 Å². The standard InChI is InChI=1S/C15H19NO4/c1-4-5-9-16(15(17)18)10-8-12-6-7-13(19-2)14(11-12)20-3/h6-7,11H,8-10H2,1-3H3,(H,17,18). The van der Waals surface area contributed by atoms with Crippen LogP contribution in [0.5, 0.6) is 11.5 Å². The first kappa shape index (κ1) is 15.7. The van der Waals surface area contributed by atoms with Crippen LogP contribution in [0.15, 0.2) is 18.2 Å². The first-order valence-electron chi connectivity index (χ1n) is 6.20. The fraction of sp³-hybridized carbons (Fsp3) is 0.400. The van der Waals surface area contributed by atoms with Crippen LogP contribution in [0.4, 0.5) is 4.79 Å². The number of carboxylic acid groups (broad SMARTS) is 1. The van der Waals surface area contributed by atoms with Crippen LogP contribution in [0.3, 0.4) is 0 Å². The average Bonchev–Trinajstić information content (AvgIpc) is 2.46. The minimum absolute atomic E-state index is 0.221. The van der Waals surface area contributed by atoms with Crippen LogP contribution in [0.2, 0.25) is 0 Å². The second-order valence-electron chi connectivity index (χ2n) is 4.07. The molecule has 0 radical (unpaired) electrons. The van der Waals surface area contributed by atoms with E-state index in [-0.39, 0.29) is 6.54 Å². The van der Waals surface area contributed by atoms with Crippen molar-refractivity contribution in [3.05, 3.63) is 23.8 Å². The van der Waals surface area contributed by atoms with Gasteiger partial charge in [0.25, 0.3) is 0 Å².